The fourth-order valence-corrected chi connectivity index (χ4v) is 4.12. The molecule has 2 aromatic carbocycles. The number of nitrogens with one attached hydrogen (secondary N) is 2. The van der Waals surface area contributed by atoms with Crippen LogP contribution in [0.4, 0.5) is 11.4 Å². The SMILES string of the molecule is C[C@@H](C(=O)Nc1ccc(NS(=O)(=O)c2cc(Cl)ccc2Cl)cc1)n1cncn1. The molecule has 0 saturated carbocycles. The Bertz CT molecular complexity index is 1090. The number of aromatic nitrogens is 3. The van der Waals surface area contributed by atoms with E-state index in [0.717, 1.165) is 0 Å². The molecule has 0 bridgehead atoms. The maximum Gasteiger partial charge on any atom is 0.263 e. The molecule has 1 amide bonds. The van der Waals surface area contributed by atoms with Crippen molar-refractivity contribution in [3.63, 3.8) is 0 Å². The van der Waals surface area contributed by atoms with Gasteiger partial charge in [0.05, 0.1) is 5.02 Å². The molecule has 8 nitrogen and oxygen atoms in total. The van der Waals surface area contributed by atoms with Gasteiger partial charge in [-0.2, -0.15) is 5.10 Å². The summed E-state index contributed by atoms with van der Waals surface area (Å²) in [5, 5.41) is 6.96. The zero-order valence-corrected chi connectivity index (χ0v) is 16.8. The number of sulfonamides is 1. The molecule has 0 radical (unpaired) electrons. The largest absolute Gasteiger partial charge is 0.324 e. The van der Waals surface area contributed by atoms with Crippen molar-refractivity contribution in [3.8, 4) is 0 Å². The van der Waals surface area contributed by atoms with Gasteiger partial charge in [-0.25, -0.2) is 18.1 Å². The van der Waals surface area contributed by atoms with E-state index in [-0.39, 0.29) is 20.8 Å². The monoisotopic (exact) mass is 439 g/mol. The molecule has 0 aliphatic rings. The van der Waals surface area contributed by atoms with Crippen LogP contribution in [0.2, 0.25) is 10.0 Å². The zero-order valence-electron chi connectivity index (χ0n) is 14.5. The molecule has 1 heterocycles. The van der Waals surface area contributed by atoms with Gasteiger partial charge < -0.3 is 5.32 Å². The lowest BCUT2D eigenvalue weighted by Crippen LogP contribution is -2.24. The molecule has 2 N–H and O–H groups in total. The van der Waals surface area contributed by atoms with E-state index in [1.54, 1.807) is 19.1 Å². The van der Waals surface area contributed by atoms with Crippen LogP contribution in [0.5, 0.6) is 0 Å². The van der Waals surface area contributed by atoms with E-state index in [2.05, 4.69) is 20.1 Å². The molecule has 1 aromatic heterocycles. The fourth-order valence-electron chi connectivity index (χ4n) is 2.30. The highest BCUT2D eigenvalue weighted by molar-refractivity contribution is 7.92. The second-order valence-electron chi connectivity index (χ2n) is 5.80. The molecule has 3 aromatic rings. The maximum atomic E-state index is 12.5. The van der Waals surface area contributed by atoms with Crippen molar-refractivity contribution in [2.75, 3.05) is 10.0 Å². The van der Waals surface area contributed by atoms with Gasteiger partial charge in [0.2, 0.25) is 5.91 Å². The van der Waals surface area contributed by atoms with Gasteiger partial charge in [-0.3, -0.25) is 9.52 Å². The summed E-state index contributed by atoms with van der Waals surface area (Å²) in [7, 11) is -3.92. The van der Waals surface area contributed by atoms with Gasteiger partial charge >= 0.3 is 0 Å². The summed E-state index contributed by atoms with van der Waals surface area (Å²) >= 11 is 11.8. The van der Waals surface area contributed by atoms with Crippen LogP contribution in [0.15, 0.2) is 60.0 Å². The van der Waals surface area contributed by atoms with Crippen LogP contribution >= 0.6 is 23.2 Å². The molecule has 146 valence electrons. The Kier molecular flexibility index (Phi) is 5.87. The number of nitrogens with zero attached hydrogens (tertiary/aromatic N) is 3. The summed E-state index contributed by atoms with van der Waals surface area (Å²) in [5.74, 6) is -0.287. The second-order valence-corrected chi connectivity index (χ2v) is 8.29. The van der Waals surface area contributed by atoms with Gasteiger partial charge in [0, 0.05) is 16.4 Å². The van der Waals surface area contributed by atoms with Crippen LogP contribution < -0.4 is 10.0 Å². The summed E-state index contributed by atoms with van der Waals surface area (Å²) in [4.78, 5) is 15.9. The Morgan fingerprint density at radius 1 is 1.11 bits per heavy atom. The van der Waals surface area contributed by atoms with E-state index in [4.69, 9.17) is 23.2 Å². The third kappa shape index (κ3) is 4.61. The number of anilines is 2. The molecule has 0 unspecified atom stereocenters. The van der Waals surface area contributed by atoms with Crippen LogP contribution in [0, 0.1) is 0 Å². The Hall–Kier alpha value is -2.62. The fraction of sp³-hybridized carbons (Fsp3) is 0.118. The number of carbonyl (C=O) groups excluding carboxylic acids is 1. The number of hydrogen-bond acceptors (Lipinski definition) is 5. The predicted octanol–water partition coefficient (Wildman–Crippen LogP) is 3.59. The molecule has 28 heavy (non-hydrogen) atoms. The lowest BCUT2D eigenvalue weighted by Gasteiger charge is -2.13. The molecular weight excluding hydrogens is 425 g/mol. The quantitative estimate of drug-likeness (QED) is 0.610. The minimum Gasteiger partial charge on any atom is -0.324 e. The standard InChI is InChI=1S/C17H15Cl2N5O3S/c1-11(24-10-20-9-21-24)17(25)22-13-3-5-14(6-4-13)23-28(26,27)16-8-12(18)2-7-15(16)19/h2-11,23H,1H3,(H,22,25)/t11-/m0/s1. The highest BCUT2D eigenvalue weighted by Gasteiger charge is 2.19. The lowest BCUT2D eigenvalue weighted by atomic mass is 10.2. The van der Waals surface area contributed by atoms with Crippen molar-refractivity contribution >= 4 is 50.5 Å². The Morgan fingerprint density at radius 2 is 1.79 bits per heavy atom. The molecule has 1 atom stereocenters. The van der Waals surface area contributed by atoms with Crippen molar-refractivity contribution in [2.45, 2.75) is 17.9 Å². The summed E-state index contributed by atoms with van der Waals surface area (Å²) < 4.78 is 28.9. The van der Waals surface area contributed by atoms with Crippen molar-refractivity contribution < 1.29 is 13.2 Å². The third-order valence-corrected chi connectivity index (χ3v) is 5.90. The van der Waals surface area contributed by atoms with E-state index in [1.807, 2.05) is 0 Å². The Labute approximate surface area is 171 Å². The van der Waals surface area contributed by atoms with Gasteiger partial charge in [-0.05, 0) is 49.4 Å². The molecule has 3 rings (SSSR count). The Morgan fingerprint density at radius 3 is 2.43 bits per heavy atom. The second kappa shape index (κ2) is 8.17. The maximum absolute atomic E-state index is 12.5. The normalized spacial score (nSPS) is 12.4. The van der Waals surface area contributed by atoms with Crippen LogP contribution in [-0.4, -0.2) is 29.1 Å². The van der Waals surface area contributed by atoms with E-state index >= 15 is 0 Å². The summed E-state index contributed by atoms with van der Waals surface area (Å²) in [6.45, 7) is 1.68. The van der Waals surface area contributed by atoms with E-state index in [0.29, 0.717) is 11.4 Å². The van der Waals surface area contributed by atoms with Gasteiger partial charge in [0.1, 0.15) is 23.6 Å². The number of benzene rings is 2. The molecule has 0 saturated heterocycles. The van der Waals surface area contributed by atoms with Crippen LogP contribution in [-0.2, 0) is 14.8 Å². The summed E-state index contributed by atoms with van der Waals surface area (Å²) in [5.41, 5.74) is 0.805. The third-order valence-electron chi connectivity index (χ3n) is 3.80. The van der Waals surface area contributed by atoms with E-state index in [1.165, 1.54) is 47.7 Å². The van der Waals surface area contributed by atoms with Crippen molar-refractivity contribution in [3.05, 3.63) is 65.2 Å². The number of halogens is 2. The zero-order chi connectivity index (χ0) is 20.3. The first-order valence-electron chi connectivity index (χ1n) is 7.99. The van der Waals surface area contributed by atoms with Gasteiger partial charge in [0.25, 0.3) is 10.0 Å². The smallest absolute Gasteiger partial charge is 0.263 e. The predicted molar refractivity (Wildman–Crippen MR) is 107 cm³/mol. The van der Waals surface area contributed by atoms with Crippen LogP contribution in [0.1, 0.15) is 13.0 Å². The Balaban J connectivity index is 1.70. The highest BCUT2D eigenvalue weighted by Crippen LogP contribution is 2.27. The molecule has 0 spiro atoms. The summed E-state index contributed by atoms with van der Waals surface area (Å²) in [6.07, 6.45) is 2.79. The van der Waals surface area contributed by atoms with E-state index < -0.39 is 16.1 Å². The molecular formula is C17H15Cl2N5O3S. The van der Waals surface area contributed by atoms with Crippen LogP contribution in [0.25, 0.3) is 0 Å². The number of carbonyl (C=O) groups is 1. The number of amides is 1. The lowest BCUT2D eigenvalue weighted by molar-refractivity contribution is -0.119. The van der Waals surface area contributed by atoms with Gasteiger partial charge in [-0.15, -0.1) is 0 Å². The van der Waals surface area contributed by atoms with Gasteiger partial charge in [0.15, 0.2) is 0 Å². The summed E-state index contributed by atoms with van der Waals surface area (Å²) in [6, 6.07) is 9.82. The number of rotatable bonds is 6. The average Bonchev–Trinajstić information content (AvgIpc) is 3.19. The average molecular weight is 440 g/mol. The molecule has 0 aliphatic carbocycles. The van der Waals surface area contributed by atoms with Crippen molar-refractivity contribution in [1.29, 1.82) is 0 Å². The van der Waals surface area contributed by atoms with Crippen molar-refractivity contribution in [1.82, 2.24) is 14.8 Å². The molecule has 0 fully saturated rings. The topological polar surface area (TPSA) is 106 Å². The van der Waals surface area contributed by atoms with Crippen LogP contribution in [0.3, 0.4) is 0 Å². The number of hydrogen-bond donors (Lipinski definition) is 2. The molecule has 11 heteroatoms. The minimum absolute atomic E-state index is 0.0582. The first-order valence-corrected chi connectivity index (χ1v) is 10.2. The molecule has 0 aliphatic heterocycles. The first-order chi connectivity index (χ1) is 13.3. The van der Waals surface area contributed by atoms with Gasteiger partial charge in [-0.1, -0.05) is 23.2 Å². The van der Waals surface area contributed by atoms with Crippen molar-refractivity contribution in [2.24, 2.45) is 0 Å². The van der Waals surface area contributed by atoms with E-state index in [9.17, 15) is 13.2 Å². The first kappa shape index (κ1) is 20.1. The minimum atomic E-state index is -3.92. The highest BCUT2D eigenvalue weighted by atomic mass is 35.5.